The second-order valence-electron chi connectivity index (χ2n) is 5.46. The predicted molar refractivity (Wildman–Crippen MR) is 85.0 cm³/mol. The molecular formula is C17H23N3O. The Hall–Kier alpha value is -1.91. The molecule has 0 unspecified atom stereocenters. The first kappa shape index (κ1) is 15.5. The van der Waals surface area contributed by atoms with Gasteiger partial charge in [0.2, 0.25) is 0 Å². The lowest BCUT2D eigenvalue weighted by Gasteiger charge is -2.24. The first-order chi connectivity index (χ1) is 10.1. The number of likely N-dealkylation sites (N-methyl/N-ethyl adjacent to an activating group) is 1. The summed E-state index contributed by atoms with van der Waals surface area (Å²) in [6, 6.07) is 13.5. The average Bonchev–Trinajstić information content (AvgIpc) is 2.48. The summed E-state index contributed by atoms with van der Waals surface area (Å²) in [5, 5.41) is 9.95. The first-order valence-electron chi connectivity index (χ1n) is 7.19. The number of aromatic hydroxyl groups is 1. The number of aromatic nitrogens is 1. The summed E-state index contributed by atoms with van der Waals surface area (Å²) in [7, 11) is 4.14. The zero-order chi connectivity index (χ0) is 15.1. The van der Waals surface area contributed by atoms with Gasteiger partial charge in [-0.15, -0.1) is 0 Å². The van der Waals surface area contributed by atoms with Crippen LogP contribution in [0, 0.1) is 0 Å². The van der Waals surface area contributed by atoms with Gasteiger partial charge >= 0.3 is 0 Å². The van der Waals surface area contributed by atoms with Crippen LogP contribution in [0.1, 0.15) is 11.3 Å². The van der Waals surface area contributed by atoms with Crippen molar-refractivity contribution in [1.82, 2.24) is 14.8 Å². The van der Waals surface area contributed by atoms with Crippen molar-refractivity contribution in [3.05, 3.63) is 59.9 Å². The van der Waals surface area contributed by atoms with Gasteiger partial charge in [-0.2, -0.15) is 0 Å². The molecule has 1 aromatic heterocycles. The fourth-order valence-corrected chi connectivity index (χ4v) is 2.16. The number of phenols is 1. The van der Waals surface area contributed by atoms with Crippen molar-refractivity contribution >= 4 is 0 Å². The molecule has 1 aromatic carbocycles. The van der Waals surface area contributed by atoms with Gasteiger partial charge in [-0.05, 0) is 32.3 Å². The number of pyridine rings is 1. The van der Waals surface area contributed by atoms with Gasteiger partial charge in [0.1, 0.15) is 5.75 Å². The van der Waals surface area contributed by atoms with Crippen LogP contribution in [0.5, 0.6) is 5.75 Å². The van der Waals surface area contributed by atoms with Crippen LogP contribution in [0.4, 0.5) is 0 Å². The zero-order valence-electron chi connectivity index (χ0n) is 12.7. The molecule has 4 heteroatoms. The molecular weight excluding hydrogens is 262 g/mol. The number of benzene rings is 1. The summed E-state index contributed by atoms with van der Waals surface area (Å²) in [6.45, 7) is 3.40. The van der Waals surface area contributed by atoms with Gasteiger partial charge in [0.25, 0.3) is 0 Å². The monoisotopic (exact) mass is 285 g/mol. The van der Waals surface area contributed by atoms with Gasteiger partial charge < -0.3 is 10.0 Å². The van der Waals surface area contributed by atoms with Crippen molar-refractivity contribution in [1.29, 1.82) is 0 Å². The van der Waals surface area contributed by atoms with Crippen molar-refractivity contribution < 1.29 is 5.11 Å². The first-order valence-corrected chi connectivity index (χ1v) is 7.19. The largest absolute Gasteiger partial charge is 0.508 e. The van der Waals surface area contributed by atoms with Crippen LogP contribution < -0.4 is 0 Å². The van der Waals surface area contributed by atoms with Crippen LogP contribution in [-0.4, -0.2) is 47.1 Å². The van der Waals surface area contributed by atoms with Gasteiger partial charge in [0, 0.05) is 37.9 Å². The number of rotatable bonds is 7. The molecule has 0 fully saturated rings. The van der Waals surface area contributed by atoms with E-state index in [4.69, 9.17) is 0 Å². The second-order valence-corrected chi connectivity index (χ2v) is 5.46. The minimum Gasteiger partial charge on any atom is -0.508 e. The third-order valence-corrected chi connectivity index (χ3v) is 3.36. The van der Waals surface area contributed by atoms with Crippen molar-refractivity contribution in [3.63, 3.8) is 0 Å². The van der Waals surface area contributed by atoms with Crippen molar-refractivity contribution in [2.24, 2.45) is 0 Å². The topological polar surface area (TPSA) is 39.6 Å². The number of hydrogen-bond acceptors (Lipinski definition) is 4. The van der Waals surface area contributed by atoms with E-state index in [2.05, 4.69) is 28.9 Å². The Morgan fingerprint density at radius 2 is 1.71 bits per heavy atom. The van der Waals surface area contributed by atoms with E-state index in [1.54, 1.807) is 6.07 Å². The van der Waals surface area contributed by atoms with Gasteiger partial charge in [-0.1, -0.05) is 24.3 Å². The Bertz CT molecular complexity index is 543. The highest BCUT2D eigenvalue weighted by Crippen LogP contribution is 2.18. The summed E-state index contributed by atoms with van der Waals surface area (Å²) < 4.78 is 0. The molecule has 4 nitrogen and oxygen atoms in total. The van der Waals surface area contributed by atoms with E-state index in [0.717, 1.165) is 37.4 Å². The predicted octanol–water partition coefficient (Wildman–Crippen LogP) is 2.35. The highest BCUT2D eigenvalue weighted by molar-refractivity contribution is 5.31. The van der Waals surface area contributed by atoms with E-state index in [0.29, 0.717) is 5.75 Å². The van der Waals surface area contributed by atoms with E-state index in [-0.39, 0.29) is 0 Å². The van der Waals surface area contributed by atoms with Gasteiger partial charge in [-0.3, -0.25) is 9.88 Å². The molecule has 21 heavy (non-hydrogen) atoms. The summed E-state index contributed by atoms with van der Waals surface area (Å²) in [4.78, 5) is 8.86. The molecule has 0 saturated carbocycles. The lowest BCUT2D eigenvalue weighted by molar-refractivity contribution is 0.221. The molecule has 0 amide bonds. The third-order valence-electron chi connectivity index (χ3n) is 3.36. The average molecular weight is 285 g/mol. The second kappa shape index (κ2) is 7.76. The summed E-state index contributed by atoms with van der Waals surface area (Å²) in [6.07, 6.45) is 1.82. The summed E-state index contributed by atoms with van der Waals surface area (Å²) >= 11 is 0. The smallest absolute Gasteiger partial charge is 0.120 e. The number of phenolic OH excluding ortho intramolecular Hbond substituents is 1. The molecule has 2 rings (SSSR count). The summed E-state index contributed by atoms with van der Waals surface area (Å²) in [5.74, 6) is 0.355. The minimum absolute atomic E-state index is 0.355. The fraction of sp³-hybridized carbons (Fsp3) is 0.353. The molecule has 1 heterocycles. The van der Waals surface area contributed by atoms with E-state index < -0.39 is 0 Å². The molecule has 0 saturated heterocycles. The van der Waals surface area contributed by atoms with E-state index in [9.17, 15) is 5.11 Å². The fourth-order valence-electron chi connectivity index (χ4n) is 2.16. The molecule has 0 aliphatic heterocycles. The Morgan fingerprint density at radius 1 is 0.952 bits per heavy atom. The van der Waals surface area contributed by atoms with E-state index in [1.165, 1.54) is 0 Å². The van der Waals surface area contributed by atoms with Crippen molar-refractivity contribution in [2.45, 2.75) is 13.1 Å². The standard InChI is InChI=1S/C17H23N3O/c1-19(2)11-12-20(14-16-8-5-6-10-18-16)13-15-7-3-4-9-17(15)21/h3-10,21H,11-14H2,1-2H3. The SMILES string of the molecule is CN(C)CCN(Cc1ccccn1)Cc1ccccc1O. The Balaban J connectivity index is 2.06. The third kappa shape index (κ3) is 5.17. The molecule has 0 radical (unpaired) electrons. The lowest BCUT2D eigenvalue weighted by Crippen LogP contribution is -2.31. The Labute approximate surface area is 126 Å². The van der Waals surface area contributed by atoms with Crippen LogP contribution >= 0.6 is 0 Å². The molecule has 2 aromatic rings. The molecule has 0 spiro atoms. The van der Waals surface area contributed by atoms with Gasteiger partial charge in [0.15, 0.2) is 0 Å². The summed E-state index contributed by atoms with van der Waals surface area (Å²) in [5.41, 5.74) is 2.00. The van der Waals surface area contributed by atoms with Gasteiger partial charge in [-0.25, -0.2) is 0 Å². The molecule has 112 valence electrons. The van der Waals surface area contributed by atoms with Crippen LogP contribution in [0.3, 0.4) is 0 Å². The Kier molecular flexibility index (Phi) is 5.72. The Morgan fingerprint density at radius 3 is 2.38 bits per heavy atom. The molecule has 0 aliphatic carbocycles. The number of nitrogens with zero attached hydrogens (tertiary/aromatic N) is 3. The molecule has 1 N–H and O–H groups in total. The normalized spacial score (nSPS) is 11.2. The quantitative estimate of drug-likeness (QED) is 0.847. The van der Waals surface area contributed by atoms with Crippen LogP contribution in [0.15, 0.2) is 48.7 Å². The maximum atomic E-state index is 9.95. The van der Waals surface area contributed by atoms with E-state index >= 15 is 0 Å². The highest BCUT2D eigenvalue weighted by Gasteiger charge is 2.10. The molecule has 0 atom stereocenters. The van der Waals surface area contributed by atoms with Crippen molar-refractivity contribution in [3.8, 4) is 5.75 Å². The van der Waals surface area contributed by atoms with Crippen LogP contribution in [-0.2, 0) is 13.1 Å². The lowest BCUT2D eigenvalue weighted by atomic mass is 10.2. The van der Waals surface area contributed by atoms with E-state index in [1.807, 2.05) is 42.6 Å². The maximum Gasteiger partial charge on any atom is 0.120 e. The number of para-hydroxylation sites is 1. The number of hydrogen-bond donors (Lipinski definition) is 1. The maximum absolute atomic E-state index is 9.95. The minimum atomic E-state index is 0.355. The molecule has 0 bridgehead atoms. The molecule has 0 aliphatic rings. The van der Waals surface area contributed by atoms with Gasteiger partial charge in [0.05, 0.1) is 5.69 Å². The highest BCUT2D eigenvalue weighted by atomic mass is 16.3. The van der Waals surface area contributed by atoms with Crippen molar-refractivity contribution in [2.75, 3.05) is 27.2 Å². The van der Waals surface area contributed by atoms with Crippen LogP contribution in [0.2, 0.25) is 0 Å². The van der Waals surface area contributed by atoms with Crippen LogP contribution in [0.25, 0.3) is 0 Å². The zero-order valence-corrected chi connectivity index (χ0v) is 12.7.